The van der Waals surface area contributed by atoms with Crippen molar-refractivity contribution in [3.63, 3.8) is 0 Å². The molecule has 1 fully saturated rings. The normalized spacial score (nSPS) is 17.2. The number of piperazine rings is 1. The van der Waals surface area contributed by atoms with E-state index in [-0.39, 0.29) is 0 Å². The first-order valence-electron chi connectivity index (χ1n) is 8.27. The lowest BCUT2D eigenvalue weighted by Gasteiger charge is -2.41. The minimum atomic E-state index is 0.397. The van der Waals surface area contributed by atoms with Gasteiger partial charge in [-0.3, -0.25) is 4.90 Å². The molecule has 0 unspecified atom stereocenters. The summed E-state index contributed by atoms with van der Waals surface area (Å²) in [7, 11) is 0. The molecule has 1 saturated heterocycles. The van der Waals surface area contributed by atoms with Crippen molar-refractivity contribution in [2.45, 2.75) is 33.6 Å². The second kappa shape index (κ2) is 7.55. The number of nitrogens with zero attached hydrogens (tertiary/aromatic N) is 2. The van der Waals surface area contributed by atoms with Gasteiger partial charge in [0.05, 0.1) is 0 Å². The molecule has 1 aliphatic rings. The van der Waals surface area contributed by atoms with Crippen molar-refractivity contribution in [2.75, 3.05) is 43.4 Å². The molecule has 0 spiro atoms. The van der Waals surface area contributed by atoms with E-state index in [4.69, 9.17) is 0 Å². The average molecular weight is 307 g/mol. The van der Waals surface area contributed by atoms with Gasteiger partial charge in [0.1, 0.15) is 0 Å². The zero-order valence-electron chi connectivity index (χ0n) is 13.8. The van der Waals surface area contributed by atoms with Crippen molar-refractivity contribution in [3.8, 4) is 0 Å². The van der Waals surface area contributed by atoms with Crippen LogP contribution in [0.1, 0.15) is 32.3 Å². The molecular weight excluding hydrogens is 276 g/mol. The van der Waals surface area contributed by atoms with Gasteiger partial charge < -0.3 is 4.90 Å². The highest BCUT2D eigenvalue weighted by Crippen LogP contribution is 2.29. The molecule has 0 N–H and O–H groups in total. The third kappa shape index (κ3) is 4.17. The molecule has 2 rings (SSSR count). The summed E-state index contributed by atoms with van der Waals surface area (Å²) in [5.74, 6) is 0.998. The van der Waals surface area contributed by atoms with Crippen LogP contribution in [0.4, 0.5) is 5.69 Å². The number of rotatable bonds is 6. The Morgan fingerprint density at radius 3 is 2.29 bits per heavy atom. The zero-order valence-corrected chi connectivity index (χ0v) is 14.7. The van der Waals surface area contributed by atoms with Crippen LogP contribution >= 0.6 is 12.6 Å². The van der Waals surface area contributed by atoms with E-state index in [1.165, 1.54) is 43.7 Å². The Morgan fingerprint density at radius 2 is 1.76 bits per heavy atom. The Morgan fingerprint density at radius 1 is 1.10 bits per heavy atom. The van der Waals surface area contributed by atoms with Gasteiger partial charge in [0.2, 0.25) is 0 Å². The molecule has 0 atom stereocenters. The van der Waals surface area contributed by atoms with Gasteiger partial charge in [-0.1, -0.05) is 26.0 Å². The Labute approximate surface area is 135 Å². The van der Waals surface area contributed by atoms with E-state index >= 15 is 0 Å². The van der Waals surface area contributed by atoms with Gasteiger partial charge in [0.25, 0.3) is 0 Å². The van der Waals surface area contributed by atoms with Gasteiger partial charge >= 0.3 is 0 Å². The van der Waals surface area contributed by atoms with Gasteiger partial charge in [0, 0.05) is 38.4 Å². The van der Waals surface area contributed by atoms with Crippen LogP contribution in [0.5, 0.6) is 0 Å². The monoisotopic (exact) mass is 306 g/mol. The lowest BCUT2D eigenvalue weighted by molar-refractivity contribution is 0.151. The van der Waals surface area contributed by atoms with Gasteiger partial charge in [-0.05, 0) is 48.6 Å². The average Bonchev–Trinajstić information content (AvgIpc) is 2.53. The maximum atomic E-state index is 4.61. The highest BCUT2D eigenvalue weighted by molar-refractivity contribution is 7.80. The van der Waals surface area contributed by atoms with Crippen molar-refractivity contribution in [1.82, 2.24) is 4.90 Å². The molecule has 3 heteroatoms. The van der Waals surface area contributed by atoms with E-state index in [0.29, 0.717) is 5.41 Å². The summed E-state index contributed by atoms with van der Waals surface area (Å²) in [6, 6.07) is 8.87. The smallest absolute Gasteiger partial charge is 0.0369 e. The molecule has 0 bridgehead atoms. The van der Waals surface area contributed by atoms with Crippen molar-refractivity contribution in [3.05, 3.63) is 29.8 Å². The van der Waals surface area contributed by atoms with Crippen molar-refractivity contribution in [1.29, 1.82) is 0 Å². The molecular formula is C18H30N2S. The van der Waals surface area contributed by atoms with Crippen LogP contribution in [0, 0.1) is 12.3 Å². The van der Waals surface area contributed by atoms with E-state index in [9.17, 15) is 0 Å². The molecule has 2 nitrogen and oxygen atoms in total. The van der Waals surface area contributed by atoms with Crippen molar-refractivity contribution in [2.24, 2.45) is 5.41 Å². The van der Waals surface area contributed by atoms with Crippen LogP contribution < -0.4 is 4.90 Å². The summed E-state index contributed by atoms with van der Waals surface area (Å²) in [5.41, 5.74) is 3.12. The highest BCUT2D eigenvalue weighted by atomic mass is 32.1. The van der Waals surface area contributed by atoms with Crippen molar-refractivity contribution < 1.29 is 0 Å². The van der Waals surface area contributed by atoms with Crippen LogP contribution in [0.2, 0.25) is 0 Å². The van der Waals surface area contributed by atoms with Crippen LogP contribution in [0.25, 0.3) is 0 Å². The second-order valence-corrected chi connectivity index (χ2v) is 6.78. The maximum Gasteiger partial charge on any atom is 0.0369 e. The summed E-state index contributed by atoms with van der Waals surface area (Å²) in [6.07, 6.45) is 2.45. The van der Waals surface area contributed by atoms with Gasteiger partial charge in [0.15, 0.2) is 0 Å². The van der Waals surface area contributed by atoms with E-state index in [0.717, 1.165) is 18.8 Å². The third-order valence-electron chi connectivity index (χ3n) is 5.13. The first-order valence-corrected chi connectivity index (χ1v) is 8.90. The fourth-order valence-electron chi connectivity index (χ4n) is 3.21. The predicted octanol–water partition coefficient (Wildman–Crippen LogP) is 3.85. The predicted molar refractivity (Wildman–Crippen MR) is 96.7 cm³/mol. The molecule has 118 valence electrons. The molecule has 1 aliphatic heterocycles. The quantitative estimate of drug-likeness (QED) is 0.798. The number of benzene rings is 1. The number of anilines is 1. The first-order chi connectivity index (χ1) is 10.1. The number of hydrogen-bond acceptors (Lipinski definition) is 3. The van der Waals surface area contributed by atoms with Crippen LogP contribution in [-0.2, 0) is 0 Å². The molecule has 1 aromatic carbocycles. The van der Waals surface area contributed by atoms with Crippen LogP contribution in [-0.4, -0.2) is 43.4 Å². The molecule has 0 saturated carbocycles. The molecule has 0 aromatic heterocycles. The highest BCUT2D eigenvalue weighted by Gasteiger charge is 2.29. The molecule has 0 aliphatic carbocycles. The van der Waals surface area contributed by atoms with E-state index < -0.39 is 0 Å². The SMILES string of the molecule is CCC(CC)(CS)CN1CCN(c2cccc(C)c2)CC1. The lowest BCUT2D eigenvalue weighted by Crippen LogP contribution is -2.50. The number of aryl methyl sites for hydroxylation is 1. The minimum Gasteiger partial charge on any atom is -0.369 e. The van der Waals surface area contributed by atoms with Gasteiger partial charge in [-0.15, -0.1) is 0 Å². The summed E-state index contributed by atoms with van der Waals surface area (Å²) >= 11 is 4.61. The molecule has 1 heterocycles. The molecule has 0 radical (unpaired) electrons. The maximum absolute atomic E-state index is 4.61. The Bertz CT molecular complexity index is 426. The van der Waals surface area contributed by atoms with Crippen LogP contribution in [0.15, 0.2) is 24.3 Å². The van der Waals surface area contributed by atoms with Crippen molar-refractivity contribution >= 4 is 18.3 Å². The molecule has 0 amide bonds. The van der Waals surface area contributed by atoms with Gasteiger partial charge in [-0.25, -0.2) is 0 Å². The zero-order chi connectivity index (χ0) is 15.3. The fraction of sp³-hybridized carbons (Fsp3) is 0.667. The summed E-state index contributed by atoms with van der Waals surface area (Å²) in [5, 5.41) is 0. The standard InChI is InChI=1S/C18H30N2S/c1-4-18(5-2,15-21)14-19-9-11-20(12-10-19)17-8-6-7-16(3)13-17/h6-8,13,21H,4-5,9-12,14-15H2,1-3H3. The van der Waals surface area contributed by atoms with E-state index in [1.807, 2.05) is 0 Å². The van der Waals surface area contributed by atoms with E-state index in [1.54, 1.807) is 0 Å². The van der Waals surface area contributed by atoms with E-state index in [2.05, 4.69) is 67.5 Å². The van der Waals surface area contributed by atoms with Gasteiger partial charge in [-0.2, -0.15) is 12.6 Å². The summed E-state index contributed by atoms with van der Waals surface area (Å²) in [6.45, 7) is 12.6. The Hall–Kier alpha value is -0.670. The first kappa shape index (κ1) is 16.7. The summed E-state index contributed by atoms with van der Waals surface area (Å²) < 4.78 is 0. The molecule has 21 heavy (non-hydrogen) atoms. The Balaban J connectivity index is 1.91. The number of thiol groups is 1. The third-order valence-corrected chi connectivity index (χ3v) is 5.80. The molecule has 1 aromatic rings. The lowest BCUT2D eigenvalue weighted by atomic mass is 9.83. The number of hydrogen-bond donors (Lipinski definition) is 1. The topological polar surface area (TPSA) is 6.48 Å². The largest absolute Gasteiger partial charge is 0.369 e. The van der Waals surface area contributed by atoms with Crippen LogP contribution in [0.3, 0.4) is 0 Å². The second-order valence-electron chi connectivity index (χ2n) is 6.47. The summed E-state index contributed by atoms with van der Waals surface area (Å²) in [4.78, 5) is 5.15. The minimum absolute atomic E-state index is 0.397. The fourth-order valence-corrected chi connectivity index (χ4v) is 3.76. The Kier molecular flexibility index (Phi) is 6.00.